The van der Waals surface area contributed by atoms with E-state index in [-0.39, 0.29) is 12.2 Å². The lowest BCUT2D eigenvalue weighted by Crippen LogP contribution is -2.49. The second-order valence-corrected chi connectivity index (χ2v) is 6.15. The number of benzene rings is 1. The number of carbonyl (C=O) groups is 2. The second kappa shape index (κ2) is 7.36. The van der Waals surface area contributed by atoms with Crippen molar-refractivity contribution in [3.8, 4) is 0 Å². The number of hydrogen-bond acceptors (Lipinski definition) is 4. The Kier molecular flexibility index (Phi) is 5.00. The molecule has 0 aliphatic heterocycles. The molecule has 0 radical (unpaired) electrons. The van der Waals surface area contributed by atoms with Crippen molar-refractivity contribution in [2.75, 3.05) is 6.54 Å². The summed E-state index contributed by atoms with van der Waals surface area (Å²) in [5, 5.41) is 15.4. The zero-order valence-corrected chi connectivity index (χ0v) is 13.7. The minimum atomic E-state index is -0.838. The van der Waals surface area contributed by atoms with Crippen LogP contribution < -0.4 is 10.6 Å². The lowest BCUT2D eigenvalue weighted by atomic mass is 9.80. The molecule has 2 amide bonds. The summed E-state index contributed by atoms with van der Waals surface area (Å²) in [7, 11) is 0. The summed E-state index contributed by atoms with van der Waals surface area (Å²) in [4.78, 5) is 24.8. The van der Waals surface area contributed by atoms with Crippen LogP contribution in [0.4, 0.5) is 0 Å². The molecular weight excluding hydrogens is 320 g/mol. The number of rotatable bonds is 6. The van der Waals surface area contributed by atoms with Gasteiger partial charge in [-0.2, -0.15) is 0 Å². The molecule has 1 heterocycles. The van der Waals surface area contributed by atoms with Crippen LogP contribution in [-0.2, 0) is 4.79 Å². The third-order valence-corrected chi connectivity index (χ3v) is 4.22. The molecule has 0 unspecified atom stereocenters. The van der Waals surface area contributed by atoms with Crippen molar-refractivity contribution in [2.24, 2.45) is 0 Å². The summed E-state index contributed by atoms with van der Waals surface area (Å²) in [5.41, 5.74) is -0.334. The van der Waals surface area contributed by atoms with Crippen molar-refractivity contribution >= 4 is 17.9 Å². The molecule has 1 saturated carbocycles. The van der Waals surface area contributed by atoms with Gasteiger partial charge in [0.2, 0.25) is 0 Å². The fourth-order valence-electron chi connectivity index (χ4n) is 2.56. The summed E-state index contributed by atoms with van der Waals surface area (Å²) < 4.78 is 5.22. The Morgan fingerprint density at radius 3 is 2.52 bits per heavy atom. The zero-order chi connectivity index (χ0) is 17.7. The van der Waals surface area contributed by atoms with Crippen molar-refractivity contribution in [2.45, 2.75) is 24.9 Å². The van der Waals surface area contributed by atoms with E-state index in [0.717, 1.165) is 6.42 Å². The van der Waals surface area contributed by atoms with Crippen LogP contribution >= 0.6 is 0 Å². The van der Waals surface area contributed by atoms with Crippen molar-refractivity contribution in [1.29, 1.82) is 0 Å². The number of nitrogens with one attached hydrogen (secondary N) is 2. The normalized spacial score (nSPS) is 16.0. The summed E-state index contributed by atoms with van der Waals surface area (Å²) in [6.45, 7) is 0.155. The van der Waals surface area contributed by atoms with E-state index in [0.29, 0.717) is 24.2 Å². The summed E-state index contributed by atoms with van der Waals surface area (Å²) in [6, 6.07) is 12.0. The molecule has 6 heteroatoms. The molecule has 6 nitrogen and oxygen atoms in total. The Morgan fingerprint density at radius 2 is 1.92 bits per heavy atom. The molecule has 1 aliphatic carbocycles. The van der Waals surface area contributed by atoms with Gasteiger partial charge in [-0.1, -0.05) is 18.2 Å². The van der Waals surface area contributed by atoms with Crippen LogP contribution in [0.15, 0.2) is 58.8 Å². The van der Waals surface area contributed by atoms with Crippen LogP contribution in [-0.4, -0.2) is 29.1 Å². The molecule has 0 atom stereocenters. The number of aliphatic hydroxyl groups is 1. The second-order valence-electron chi connectivity index (χ2n) is 6.15. The maximum Gasteiger partial charge on any atom is 0.268 e. The summed E-state index contributed by atoms with van der Waals surface area (Å²) in [6.07, 6.45) is 5.23. The topological polar surface area (TPSA) is 91.6 Å². The predicted molar refractivity (Wildman–Crippen MR) is 92.4 cm³/mol. The van der Waals surface area contributed by atoms with Gasteiger partial charge >= 0.3 is 0 Å². The van der Waals surface area contributed by atoms with Crippen LogP contribution in [0.25, 0.3) is 6.08 Å². The largest absolute Gasteiger partial charge is 0.465 e. The predicted octanol–water partition coefficient (Wildman–Crippen LogP) is 2.08. The van der Waals surface area contributed by atoms with E-state index in [4.69, 9.17) is 4.42 Å². The molecule has 3 N–H and O–H groups in total. The van der Waals surface area contributed by atoms with Gasteiger partial charge in [0.1, 0.15) is 11.5 Å². The molecule has 1 aliphatic rings. The maximum atomic E-state index is 12.5. The minimum absolute atomic E-state index is 0.0618. The third-order valence-electron chi connectivity index (χ3n) is 4.22. The quantitative estimate of drug-likeness (QED) is 0.702. The Hall–Kier alpha value is -2.86. The van der Waals surface area contributed by atoms with E-state index in [9.17, 15) is 14.7 Å². The van der Waals surface area contributed by atoms with Crippen molar-refractivity contribution < 1.29 is 19.1 Å². The van der Waals surface area contributed by atoms with Crippen LogP contribution in [0, 0.1) is 0 Å². The molecule has 1 aromatic heterocycles. The fraction of sp³-hybridized carbons (Fsp3) is 0.263. The summed E-state index contributed by atoms with van der Waals surface area (Å²) in [5.74, 6) is -0.419. The molecule has 1 fully saturated rings. The van der Waals surface area contributed by atoms with Crippen LogP contribution in [0.3, 0.4) is 0 Å². The van der Waals surface area contributed by atoms with Gasteiger partial charge in [0, 0.05) is 18.2 Å². The number of hydrogen-bond donors (Lipinski definition) is 3. The van der Waals surface area contributed by atoms with Crippen molar-refractivity contribution in [3.05, 3.63) is 65.7 Å². The van der Waals surface area contributed by atoms with Crippen molar-refractivity contribution in [3.63, 3.8) is 0 Å². The highest BCUT2D eigenvalue weighted by Gasteiger charge is 2.34. The van der Waals surface area contributed by atoms with Gasteiger partial charge in [-0.15, -0.1) is 0 Å². The highest BCUT2D eigenvalue weighted by molar-refractivity contribution is 6.05. The number of carbonyl (C=O) groups excluding carboxylic acids is 2. The molecule has 3 rings (SSSR count). The van der Waals surface area contributed by atoms with Gasteiger partial charge in [0.05, 0.1) is 11.9 Å². The first-order valence-electron chi connectivity index (χ1n) is 8.18. The van der Waals surface area contributed by atoms with Gasteiger partial charge in [0.15, 0.2) is 0 Å². The summed E-state index contributed by atoms with van der Waals surface area (Å²) >= 11 is 0. The van der Waals surface area contributed by atoms with E-state index in [1.807, 2.05) is 6.07 Å². The molecule has 0 spiro atoms. The number of furan rings is 1. The Balaban J connectivity index is 1.73. The Labute approximate surface area is 145 Å². The maximum absolute atomic E-state index is 12.5. The Bertz CT molecular complexity index is 762. The number of amides is 2. The monoisotopic (exact) mass is 340 g/mol. The molecule has 1 aromatic carbocycles. The molecule has 2 aromatic rings. The smallest absolute Gasteiger partial charge is 0.268 e. The van der Waals surface area contributed by atoms with E-state index in [1.54, 1.807) is 36.4 Å². The molecule has 130 valence electrons. The lowest BCUT2D eigenvalue weighted by molar-refractivity contribution is -0.120. The van der Waals surface area contributed by atoms with E-state index >= 15 is 0 Å². The lowest BCUT2D eigenvalue weighted by Gasteiger charge is -2.36. The highest BCUT2D eigenvalue weighted by Crippen LogP contribution is 2.30. The van der Waals surface area contributed by atoms with Gasteiger partial charge in [-0.3, -0.25) is 9.59 Å². The first-order valence-corrected chi connectivity index (χ1v) is 8.18. The van der Waals surface area contributed by atoms with Crippen LogP contribution in [0.2, 0.25) is 0 Å². The first kappa shape index (κ1) is 17.0. The molecule has 0 saturated heterocycles. The molecule has 0 bridgehead atoms. The first-order chi connectivity index (χ1) is 12.1. The van der Waals surface area contributed by atoms with Crippen LogP contribution in [0.1, 0.15) is 35.4 Å². The average Bonchev–Trinajstić information content (AvgIpc) is 3.11. The standard InChI is InChI=1S/C19H20N2O4/c22-17(14-6-2-1-3-7-14)21-16(12-15-8-4-11-25-15)18(23)20-13-19(24)9-5-10-19/h1-4,6-8,11-12,24H,5,9-10,13H2,(H,20,23)(H,21,22). The van der Waals surface area contributed by atoms with E-state index in [1.165, 1.54) is 12.3 Å². The van der Waals surface area contributed by atoms with Crippen molar-refractivity contribution in [1.82, 2.24) is 10.6 Å². The third kappa shape index (κ3) is 4.36. The highest BCUT2D eigenvalue weighted by atomic mass is 16.3. The minimum Gasteiger partial charge on any atom is -0.465 e. The molecule has 25 heavy (non-hydrogen) atoms. The van der Waals surface area contributed by atoms with E-state index < -0.39 is 17.4 Å². The zero-order valence-electron chi connectivity index (χ0n) is 13.7. The van der Waals surface area contributed by atoms with Gasteiger partial charge in [-0.25, -0.2) is 0 Å². The Morgan fingerprint density at radius 1 is 1.16 bits per heavy atom. The average molecular weight is 340 g/mol. The van der Waals surface area contributed by atoms with Gasteiger partial charge in [-0.05, 0) is 43.5 Å². The van der Waals surface area contributed by atoms with Gasteiger partial charge in [0.25, 0.3) is 11.8 Å². The van der Waals surface area contributed by atoms with E-state index in [2.05, 4.69) is 10.6 Å². The van der Waals surface area contributed by atoms with Gasteiger partial charge < -0.3 is 20.2 Å². The SMILES string of the molecule is O=C(NCC1(O)CCC1)C(=Cc1ccco1)NC(=O)c1ccccc1. The molecular formula is C19H20N2O4. The van der Waals surface area contributed by atoms with Crippen LogP contribution in [0.5, 0.6) is 0 Å². The fourth-order valence-corrected chi connectivity index (χ4v) is 2.56.